The number of piperidine rings is 1. The number of benzene rings is 1. The topological polar surface area (TPSA) is 53.7 Å². The summed E-state index contributed by atoms with van der Waals surface area (Å²) in [4.78, 5) is 7.09. The highest BCUT2D eigenvalue weighted by Gasteiger charge is 2.28. The summed E-state index contributed by atoms with van der Waals surface area (Å²) in [5.41, 5.74) is 2.31. The maximum absolute atomic E-state index is 4.88. The largest absolute Gasteiger partial charge is 0.364 e. The molecular weight excluding hydrogens is 427 g/mol. The fourth-order valence-electron chi connectivity index (χ4n) is 3.43. The molecule has 1 saturated heterocycles. The predicted molar refractivity (Wildman–Crippen MR) is 111 cm³/mol. The zero-order chi connectivity index (χ0) is 16.8. The molecule has 6 heteroatoms. The number of aromatic nitrogens is 1. The van der Waals surface area contributed by atoms with Gasteiger partial charge in [-0.3, -0.25) is 0 Å². The third-order valence-corrected chi connectivity index (χ3v) is 4.65. The summed E-state index contributed by atoms with van der Waals surface area (Å²) in [6, 6.07) is 12.7. The molecule has 2 unspecified atom stereocenters. The van der Waals surface area contributed by atoms with Crippen molar-refractivity contribution in [1.82, 2.24) is 15.4 Å². The van der Waals surface area contributed by atoms with Gasteiger partial charge in [-0.15, -0.1) is 24.0 Å². The number of rotatable bonds is 4. The van der Waals surface area contributed by atoms with Crippen molar-refractivity contribution in [3.8, 4) is 0 Å². The molecule has 1 aromatic carbocycles. The van der Waals surface area contributed by atoms with E-state index in [-0.39, 0.29) is 24.0 Å². The average Bonchev–Trinajstić information content (AvgIpc) is 3.13. The van der Waals surface area contributed by atoms with Gasteiger partial charge in [-0.1, -0.05) is 42.4 Å². The van der Waals surface area contributed by atoms with Gasteiger partial charge >= 0.3 is 0 Å². The van der Waals surface area contributed by atoms with Crippen LogP contribution in [0.25, 0.3) is 0 Å². The standard InChI is InChI=1S/C19H26N4O.HI/c1-3-20-19(21-13-17-10-12-24-22-17)23-11-9-18(15(2)14-23)16-7-5-4-6-8-16;/h4-8,10,12,15,18H,3,9,11,13-14H2,1-2H3,(H,20,21);1H. The van der Waals surface area contributed by atoms with Crippen molar-refractivity contribution in [1.29, 1.82) is 0 Å². The maximum atomic E-state index is 4.88. The van der Waals surface area contributed by atoms with Crippen molar-refractivity contribution >= 4 is 29.9 Å². The molecule has 1 aliphatic heterocycles. The first-order chi connectivity index (χ1) is 11.8. The Balaban J connectivity index is 0.00000225. The van der Waals surface area contributed by atoms with Crippen LogP contribution in [-0.2, 0) is 6.54 Å². The first kappa shape index (κ1) is 19.8. The molecule has 5 nitrogen and oxygen atoms in total. The quantitative estimate of drug-likeness (QED) is 0.433. The monoisotopic (exact) mass is 454 g/mol. The summed E-state index contributed by atoms with van der Waals surface area (Å²) in [5.74, 6) is 2.19. The Kier molecular flexibility index (Phi) is 7.74. The molecule has 0 bridgehead atoms. The molecule has 2 heterocycles. The number of nitrogens with one attached hydrogen (secondary N) is 1. The van der Waals surface area contributed by atoms with Crippen LogP contribution in [0.3, 0.4) is 0 Å². The highest BCUT2D eigenvalue weighted by molar-refractivity contribution is 14.0. The van der Waals surface area contributed by atoms with E-state index in [0.29, 0.717) is 18.4 Å². The lowest BCUT2D eigenvalue weighted by atomic mass is 9.82. The molecule has 2 atom stereocenters. The summed E-state index contributed by atoms with van der Waals surface area (Å²) in [6.45, 7) is 7.89. The number of hydrogen-bond acceptors (Lipinski definition) is 3. The van der Waals surface area contributed by atoms with E-state index in [1.165, 1.54) is 5.56 Å². The molecule has 1 aliphatic rings. The molecule has 1 N–H and O–H groups in total. The van der Waals surface area contributed by atoms with E-state index in [9.17, 15) is 0 Å². The van der Waals surface area contributed by atoms with Gasteiger partial charge in [0, 0.05) is 25.7 Å². The van der Waals surface area contributed by atoms with Gasteiger partial charge in [0.1, 0.15) is 12.0 Å². The molecular formula is C19H27IN4O. The molecule has 25 heavy (non-hydrogen) atoms. The summed E-state index contributed by atoms with van der Waals surface area (Å²) < 4.78 is 4.88. The Morgan fingerprint density at radius 2 is 2.12 bits per heavy atom. The summed E-state index contributed by atoms with van der Waals surface area (Å²) in [5, 5.41) is 7.34. The van der Waals surface area contributed by atoms with Crippen molar-refractivity contribution < 1.29 is 4.52 Å². The summed E-state index contributed by atoms with van der Waals surface area (Å²) in [6.07, 6.45) is 2.74. The lowest BCUT2D eigenvalue weighted by molar-refractivity contribution is 0.234. The van der Waals surface area contributed by atoms with Crippen molar-refractivity contribution in [2.75, 3.05) is 19.6 Å². The van der Waals surface area contributed by atoms with Crippen LogP contribution in [0.15, 0.2) is 52.2 Å². The molecule has 0 aliphatic carbocycles. The minimum absolute atomic E-state index is 0. The molecule has 0 radical (unpaired) electrons. The number of aliphatic imine (C=N–C) groups is 1. The van der Waals surface area contributed by atoms with E-state index in [0.717, 1.165) is 37.7 Å². The Bertz CT molecular complexity index is 645. The predicted octanol–water partition coefficient (Wildman–Crippen LogP) is 3.88. The number of nitrogens with zero attached hydrogens (tertiary/aromatic N) is 3. The Morgan fingerprint density at radius 1 is 1.32 bits per heavy atom. The van der Waals surface area contributed by atoms with E-state index in [4.69, 9.17) is 9.52 Å². The van der Waals surface area contributed by atoms with Crippen molar-refractivity contribution in [3.05, 3.63) is 53.9 Å². The highest BCUT2D eigenvalue weighted by atomic mass is 127. The van der Waals surface area contributed by atoms with Crippen LogP contribution in [0.1, 0.15) is 37.4 Å². The second kappa shape index (κ2) is 9.79. The normalized spacial score (nSPS) is 20.9. The van der Waals surface area contributed by atoms with Crippen molar-refractivity contribution in [3.63, 3.8) is 0 Å². The van der Waals surface area contributed by atoms with Gasteiger partial charge in [0.2, 0.25) is 0 Å². The molecule has 0 saturated carbocycles. The van der Waals surface area contributed by atoms with Crippen molar-refractivity contribution in [2.45, 2.75) is 32.7 Å². The van der Waals surface area contributed by atoms with Gasteiger partial charge < -0.3 is 14.7 Å². The number of hydrogen-bond donors (Lipinski definition) is 1. The third-order valence-electron chi connectivity index (χ3n) is 4.65. The lowest BCUT2D eigenvalue weighted by Crippen LogP contribution is -2.48. The van der Waals surface area contributed by atoms with Crippen LogP contribution in [-0.4, -0.2) is 35.7 Å². The van der Waals surface area contributed by atoms with Crippen molar-refractivity contribution in [2.24, 2.45) is 10.9 Å². The van der Waals surface area contributed by atoms with Gasteiger partial charge in [0.15, 0.2) is 5.96 Å². The van der Waals surface area contributed by atoms with E-state index in [1.54, 1.807) is 6.26 Å². The second-order valence-electron chi connectivity index (χ2n) is 6.39. The van der Waals surface area contributed by atoms with Gasteiger partial charge in [-0.2, -0.15) is 0 Å². The second-order valence-corrected chi connectivity index (χ2v) is 6.39. The zero-order valence-electron chi connectivity index (χ0n) is 14.9. The number of likely N-dealkylation sites (tertiary alicyclic amines) is 1. The van der Waals surface area contributed by atoms with E-state index in [1.807, 2.05) is 6.07 Å². The number of halogens is 1. The highest BCUT2D eigenvalue weighted by Crippen LogP contribution is 2.32. The average molecular weight is 454 g/mol. The molecule has 0 spiro atoms. The molecule has 0 amide bonds. The Morgan fingerprint density at radius 3 is 2.76 bits per heavy atom. The van der Waals surface area contributed by atoms with Crippen LogP contribution in [0.5, 0.6) is 0 Å². The Hall–Kier alpha value is -1.57. The minimum atomic E-state index is 0. The SMILES string of the molecule is CCNC(=NCc1ccon1)N1CCC(c2ccccc2)C(C)C1.I. The van der Waals surface area contributed by atoms with Crippen LogP contribution < -0.4 is 5.32 Å². The smallest absolute Gasteiger partial charge is 0.194 e. The molecule has 136 valence electrons. The fraction of sp³-hybridized carbons (Fsp3) is 0.474. The van der Waals surface area contributed by atoms with Crippen LogP contribution in [0.2, 0.25) is 0 Å². The first-order valence-electron chi connectivity index (χ1n) is 8.75. The lowest BCUT2D eigenvalue weighted by Gasteiger charge is -2.39. The van der Waals surface area contributed by atoms with E-state index >= 15 is 0 Å². The maximum Gasteiger partial charge on any atom is 0.194 e. The zero-order valence-corrected chi connectivity index (χ0v) is 17.2. The molecule has 1 aromatic heterocycles. The third kappa shape index (κ3) is 5.20. The first-order valence-corrected chi connectivity index (χ1v) is 8.75. The number of guanidine groups is 1. The van der Waals surface area contributed by atoms with Gasteiger partial charge in [-0.25, -0.2) is 4.99 Å². The van der Waals surface area contributed by atoms with Gasteiger partial charge in [-0.05, 0) is 30.7 Å². The molecule has 3 rings (SSSR count). The Labute approximate surface area is 166 Å². The summed E-state index contributed by atoms with van der Waals surface area (Å²) >= 11 is 0. The fourth-order valence-corrected chi connectivity index (χ4v) is 3.43. The van der Waals surface area contributed by atoms with Gasteiger partial charge in [0.05, 0.1) is 6.54 Å². The minimum Gasteiger partial charge on any atom is -0.364 e. The molecule has 2 aromatic rings. The van der Waals surface area contributed by atoms with E-state index < -0.39 is 0 Å². The van der Waals surface area contributed by atoms with Crippen LogP contribution in [0.4, 0.5) is 0 Å². The summed E-state index contributed by atoms with van der Waals surface area (Å²) in [7, 11) is 0. The van der Waals surface area contributed by atoms with Crippen LogP contribution in [0, 0.1) is 5.92 Å². The molecule has 1 fully saturated rings. The van der Waals surface area contributed by atoms with Crippen LogP contribution >= 0.6 is 24.0 Å². The van der Waals surface area contributed by atoms with Gasteiger partial charge in [0.25, 0.3) is 0 Å². The van der Waals surface area contributed by atoms with E-state index in [2.05, 4.69) is 59.6 Å².